The average Bonchev–Trinajstić information content (AvgIpc) is 3.53. The molecule has 5 rings (SSSR count). The van der Waals surface area contributed by atoms with E-state index in [1.165, 1.54) is 6.07 Å². The van der Waals surface area contributed by atoms with Gasteiger partial charge >= 0.3 is 6.09 Å². The van der Waals surface area contributed by atoms with Crippen molar-refractivity contribution in [2.75, 3.05) is 31.6 Å². The van der Waals surface area contributed by atoms with Gasteiger partial charge < -0.3 is 24.0 Å². The molecule has 2 saturated heterocycles. The number of piperidine rings is 1. The molecule has 10 nitrogen and oxygen atoms in total. The molecule has 0 saturated carbocycles. The first-order valence-corrected chi connectivity index (χ1v) is 25.3. The second kappa shape index (κ2) is 14.9. The van der Waals surface area contributed by atoms with Crippen LogP contribution in [0.5, 0.6) is 0 Å². The summed E-state index contributed by atoms with van der Waals surface area (Å²) in [5.74, 6) is 0.288. The third-order valence-corrected chi connectivity index (χ3v) is 12.8. The Kier molecular flexibility index (Phi) is 11.5. The Hall–Kier alpha value is -2.59. The fourth-order valence-corrected chi connectivity index (χ4v) is 8.10. The predicted molar refractivity (Wildman–Crippen MR) is 198 cm³/mol. The lowest BCUT2D eigenvalue weighted by molar-refractivity contribution is 0.00569. The van der Waals surface area contributed by atoms with E-state index in [0.29, 0.717) is 43.4 Å². The van der Waals surface area contributed by atoms with Crippen LogP contribution in [-0.2, 0) is 14.2 Å². The number of hydrogen-bond acceptors (Lipinski definition) is 8. The average molecular weight is 733 g/mol. The van der Waals surface area contributed by atoms with Gasteiger partial charge in [0.2, 0.25) is 0 Å². The topological polar surface area (TPSA) is 94.3 Å². The number of rotatable bonds is 13. The van der Waals surface area contributed by atoms with E-state index in [4.69, 9.17) is 35.9 Å². The van der Waals surface area contributed by atoms with Crippen molar-refractivity contribution >= 4 is 45.3 Å². The van der Waals surface area contributed by atoms with Gasteiger partial charge in [-0.2, -0.15) is 9.61 Å². The smallest absolute Gasteiger partial charge is 0.410 e. The lowest BCUT2D eigenvalue weighted by Crippen LogP contribution is -2.48. The fraction of sp³-hybridized carbons (Fsp3) is 0.657. The monoisotopic (exact) mass is 732 g/mol. The van der Waals surface area contributed by atoms with Crippen LogP contribution in [0.3, 0.4) is 0 Å². The Morgan fingerprint density at radius 3 is 2.10 bits per heavy atom. The number of aromatic nitrogens is 4. The quantitative estimate of drug-likeness (QED) is 0.0746. The minimum absolute atomic E-state index is 0.0740. The van der Waals surface area contributed by atoms with Gasteiger partial charge in [0.05, 0.1) is 6.20 Å². The normalized spacial score (nSPS) is 19.9. The molecule has 2 aliphatic heterocycles. The minimum atomic E-state index is -1.29. The molecule has 14 heteroatoms. The summed E-state index contributed by atoms with van der Waals surface area (Å²) >= 11 is 5.94. The Morgan fingerprint density at radius 2 is 1.57 bits per heavy atom. The number of ether oxygens (including phenoxy) is 3. The van der Waals surface area contributed by atoms with Gasteiger partial charge in [0.1, 0.15) is 24.9 Å². The highest BCUT2D eigenvalue weighted by Gasteiger charge is 2.45. The van der Waals surface area contributed by atoms with E-state index in [1.807, 2.05) is 25.7 Å². The van der Waals surface area contributed by atoms with Gasteiger partial charge in [-0.25, -0.2) is 19.2 Å². The summed E-state index contributed by atoms with van der Waals surface area (Å²) in [7, 11) is -2.59. The molecular formula is C35H54ClFN6O4Si2. The van der Waals surface area contributed by atoms with Crippen LogP contribution < -0.4 is 4.90 Å². The number of fused-ring (bicyclic) bond motifs is 3. The first-order chi connectivity index (χ1) is 22.9. The predicted octanol–water partition coefficient (Wildman–Crippen LogP) is 8.66. The Morgan fingerprint density at radius 1 is 0.980 bits per heavy atom. The molecule has 2 fully saturated rings. The van der Waals surface area contributed by atoms with Gasteiger partial charge in [0.15, 0.2) is 16.6 Å². The van der Waals surface area contributed by atoms with Gasteiger partial charge in [-0.3, -0.25) is 0 Å². The number of hydrogen-bond donors (Lipinski definition) is 0. The second-order valence-electron chi connectivity index (χ2n) is 17.0. The molecule has 2 bridgehead atoms. The molecule has 270 valence electrons. The number of carbonyl (C=O) groups is 1. The maximum atomic E-state index is 14.6. The van der Waals surface area contributed by atoms with Crippen molar-refractivity contribution in [2.24, 2.45) is 0 Å². The van der Waals surface area contributed by atoms with E-state index in [2.05, 4.69) is 55.2 Å². The van der Waals surface area contributed by atoms with E-state index in [1.54, 1.807) is 16.9 Å². The van der Waals surface area contributed by atoms with Crippen LogP contribution in [0, 0.1) is 5.82 Å². The Bertz CT molecular complexity index is 1590. The van der Waals surface area contributed by atoms with Crippen molar-refractivity contribution in [3.8, 4) is 11.1 Å². The number of amides is 1. The zero-order valence-corrected chi connectivity index (χ0v) is 33.4. The number of pyridine rings is 1. The van der Waals surface area contributed by atoms with Gasteiger partial charge in [-0.15, -0.1) is 0 Å². The summed E-state index contributed by atoms with van der Waals surface area (Å²) in [5, 5.41) is 4.58. The van der Waals surface area contributed by atoms with Gasteiger partial charge in [-0.1, -0.05) is 50.9 Å². The first-order valence-electron chi connectivity index (χ1n) is 17.5. The molecule has 3 aromatic rings. The van der Waals surface area contributed by atoms with Crippen molar-refractivity contribution in [1.29, 1.82) is 0 Å². The van der Waals surface area contributed by atoms with Crippen LogP contribution in [-0.4, -0.2) is 91.1 Å². The lowest BCUT2D eigenvalue weighted by atomic mass is 9.88. The molecule has 3 aromatic heterocycles. The van der Waals surface area contributed by atoms with Crippen molar-refractivity contribution in [3.63, 3.8) is 0 Å². The number of nitrogens with zero attached hydrogens (tertiary/aromatic N) is 6. The SMILES string of the molecule is CC(C)(C)OC(=O)N1[C@@H]2CC[C@H]1C[C@H](c1cc(N(COCC[Si](C)(C)C)COCC[Si](C)(C)C)n3ncc(-c4cnc(Cl)c(F)c4)c3n1)C2. The van der Waals surface area contributed by atoms with Crippen molar-refractivity contribution in [2.45, 2.75) is 121 Å². The maximum Gasteiger partial charge on any atom is 0.410 e. The summed E-state index contributed by atoms with van der Waals surface area (Å²) in [6.07, 6.45) is 6.43. The molecule has 0 N–H and O–H groups in total. The molecule has 3 atom stereocenters. The van der Waals surface area contributed by atoms with Crippen molar-refractivity contribution in [1.82, 2.24) is 24.5 Å². The Balaban J connectivity index is 1.52. The largest absolute Gasteiger partial charge is 0.444 e. The summed E-state index contributed by atoms with van der Waals surface area (Å²) in [5.41, 5.74) is 2.13. The van der Waals surface area contributed by atoms with E-state index in [0.717, 1.165) is 49.3 Å². The van der Waals surface area contributed by atoms with Crippen molar-refractivity contribution in [3.05, 3.63) is 41.2 Å². The van der Waals surface area contributed by atoms with Crippen LogP contribution in [0.1, 0.15) is 58.1 Å². The summed E-state index contributed by atoms with van der Waals surface area (Å²) in [4.78, 5) is 26.5. The standard InChI is InChI=1S/C35H54ClFN6O4Si2/c1-35(2,3)47-34(44)42-26-10-11-27(42)17-24(16-26)30-19-31(41(22-45-12-14-48(4,5)6)23-46-13-15-49(7,8)9)43-33(40-30)28(21-39-43)25-18-29(37)32(36)38-20-25/h18-21,24,26-27H,10-17,22-23H2,1-9H3/t24-,26-,27+. The maximum absolute atomic E-state index is 14.6. The molecule has 1 amide bonds. The second-order valence-corrected chi connectivity index (χ2v) is 28.6. The van der Waals surface area contributed by atoms with Crippen LogP contribution in [0.4, 0.5) is 15.0 Å². The zero-order chi connectivity index (χ0) is 35.7. The fourth-order valence-electron chi connectivity index (χ4n) is 6.48. The van der Waals surface area contributed by atoms with E-state index < -0.39 is 27.6 Å². The summed E-state index contributed by atoms with van der Waals surface area (Å²) < 4.78 is 34.8. The molecule has 2 aliphatic rings. The van der Waals surface area contributed by atoms with Gasteiger partial charge in [-0.05, 0) is 64.6 Å². The van der Waals surface area contributed by atoms with Crippen molar-refractivity contribution < 1.29 is 23.4 Å². The van der Waals surface area contributed by atoms with Crippen LogP contribution >= 0.6 is 11.6 Å². The minimum Gasteiger partial charge on any atom is -0.444 e. The zero-order valence-electron chi connectivity index (χ0n) is 30.7. The van der Waals surface area contributed by atoms with Gasteiger partial charge in [0.25, 0.3) is 0 Å². The van der Waals surface area contributed by atoms with E-state index >= 15 is 0 Å². The molecule has 49 heavy (non-hydrogen) atoms. The number of carbonyl (C=O) groups excluding carboxylic acids is 1. The van der Waals surface area contributed by atoms with E-state index in [-0.39, 0.29) is 29.2 Å². The number of halogens is 2. The van der Waals surface area contributed by atoms with Crippen LogP contribution in [0.25, 0.3) is 16.8 Å². The third-order valence-electron chi connectivity index (χ3n) is 9.15. The summed E-state index contributed by atoms with van der Waals surface area (Å²) in [6, 6.07) is 5.72. The van der Waals surface area contributed by atoms with Crippen LogP contribution in [0.2, 0.25) is 56.5 Å². The third kappa shape index (κ3) is 9.81. The highest BCUT2D eigenvalue weighted by Crippen LogP contribution is 2.44. The molecule has 5 heterocycles. The molecular weight excluding hydrogens is 679 g/mol. The Labute approximate surface area is 297 Å². The molecule has 0 radical (unpaired) electrons. The lowest BCUT2D eigenvalue weighted by Gasteiger charge is -2.39. The highest BCUT2D eigenvalue weighted by molar-refractivity contribution is 6.76. The molecule has 0 spiro atoms. The number of anilines is 1. The molecule has 0 aliphatic carbocycles. The first kappa shape index (κ1) is 37.7. The summed E-state index contributed by atoms with van der Waals surface area (Å²) in [6.45, 7) is 21.7. The highest BCUT2D eigenvalue weighted by atomic mass is 35.5. The molecule has 0 aromatic carbocycles. The van der Waals surface area contributed by atoms with Crippen LogP contribution in [0.15, 0.2) is 24.5 Å². The van der Waals surface area contributed by atoms with Gasteiger partial charge in [0, 0.05) is 76.4 Å². The molecule has 0 unspecified atom stereocenters. The van der Waals surface area contributed by atoms with E-state index in [9.17, 15) is 9.18 Å².